The van der Waals surface area contributed by atoms with Crippen LogP contribution >= 0.6 is 9.24 Å². The Morgan fingerprint density at radius 1 is 1.06 bits per heavy atom. The fourth-order valence-corrected chi connectivity index (χ4v) is 1.66. The van der Waals surface area contributed by atoms with Crippen LogP contribution in [0.3, 0.4) is 0 Å². The Morgan fingerprint density at radius 2 is 1.75 bits per heavy atom. The first-order chi connectivity index (χ1) is 7.56. The lowest BCUT2D eigenvalue weighted by molar-refractivity contribution is 0.967. The highest BCUT2D eigenvalue weighted by molar-refractivity contribution is 7.16. The highest BCUT2D eigenvalue weighted by Gasteiger charge is 1.86. The van der Waals surface area contributed by atoms with Crippen molar-refractivity contribution in [3.8, 4) is 0 Å². The predicted octanol–water partition coefficient (Wildman–Crippen LogP) is 5.06. The topological polar surface area (TPSA) is 0 Å². The maximum Gasteiger partial charge on any atom is -0.0194 e. The van der Waals surface area contributed by atoms with Crippen molar-refractivity contribution in [2.24, 2.45) is 0 Å². The summed E-state index contributed by atoms with van der Waals surface area (Å²) in [7, 11) is 2.71. The van der Waals surface area contributed by atoms with Crippen molar-refractivity contribution >= 4 is 9.24 Å². The van der Waals surface area contributed by atoms with Crippen LogP contribution in [0, 0.1) is 0 Å². The lowest BCUT2D eigenvalue weighted by atomic mass is 10.1. The second-order valence-electron chi connectivity index (χ2n) is 4.38. The van der Waals surface area contributed by atoms with Crippen molar-refractivity contribution in [1.29, 1.82) is 0 Å². The van der Waals surface area contributed by atoms with E-state index in [2.05, 4.69) is 67.3 Å². The Kier molecular flexibility index (Phi) is 9.24. The molecule has 16 heavy (non-hydrogen) atoms. The number of hydrogen-bond donors (Lipinski definition) is 0. The Labute approximate surface area is 103 Å². The molecule has 0 N–H and O–H groups in total. The zero-order valence-corrected chi connectivity index (χ0v) is 12.2. The molecule has 0 radical (unpaired) electrons. The van der Waals surface area contributed by atoms with Crippen LogP contribution in [0.15, 0.2) is 47.1 Å². The van der Waals surface area contributed by atoms with Gasteiger partial charge in [0.05, 0.1) is 0 Å². The highest BCUT2D eigenvalue weighted by atomic mass is 31.0. The summed E-state index contributed by atoms with van der Waals surface area (Å²) in [6.07, 6.45) is 14.3. The van der Waals surface area contributed by atoms with Gasteiger partial charge in [0.15, 0.2) is 0 Å². The fraction of sp³-hybridized carbons (Fsp3) is 0.467. The maximum absolute atomic E-state index is 2.71. The fourth-order valence-electron chi connectivity index (χ4n) is 1.29. The van der Waals surface area contributed by atoms with Crippen LogP contribution in [0.5, 0.6) is 0 Å². The Hall–Kier alpha value is -0.610. The predicted molar refractivity (Wildman–Crippen MR) is 79.9 cm³/mol. The van der Waals surface area contributed by atoms with Crippen molar-refractivity contribution in [1.82, 2.24) is 0 Å². The molecule has 0 rings (SSSR count). The molecule has 0 saturated carbocycles. The van der Waals surface area contributed by atoms with E-state index in [1.807, 2.05) is 0 Å². The molecular weight excluding hydrogens is 211 g/mol. The van der Waals surface area contributed by atoms with E-state index >= 15 is 0 Å². The molecule has 90 valence electrons. The average Bonchev–Trinajstić information content (AvgIpc) is 2.17. The SMILES string of the molecule is CC(C)=CCC\C(C)=C/C=C/C(C)=C/CP. The van der Waals surface area contributed by atoms with Gasteiger partial charge < -0.3 is 0 Å². The van der Waals surface area contributed by atoms with E-state index in [4.69, 9.17) is 0 Å². The van der Waals surface area contributed by atoms with Gasteiger partial charge in [-0.1, -0.05) is 47.1 Å². The molecule has 0 aromatic rings. The number of allylic oxidation sites excluding steroid dienone is 8. The molecule has 0 aromatic carbocycles. The van der Waals surface area contributed by atoms with Gasteiger partial charge in [0.25, 0.3) is 0 Å². The second kappa shape index (κ2) is 9.60. The smallest absolute Gasteiger partial charge is 0.0194 e. The van der Waals surface area contributed by atoms with Gasteiger partial charge in [0.2, 0.25) is 0 Å². The molecule has 1 heteroatoms. The quantitative estimate of drug-likeness (QED) is 0.343. The summed E-state index contributed by atoms with van der Waals surface area (Å²) in [5.74, 6) is 0. The Bertz CT molecular complexity index is 299. The van der Waals surface area contributed by atoms with Crippen molar-refractivity contribution < 1.29 is 0 Å². The zero-order valence-electron chi connectivity index (χ0n) is 11.1. The molecule has 0 heterocycles. The van der Waals surface area contributed by atoms with Gasteiger partial charge in [-0.2, -0.15) is 0 Å². The maximum atomic E-state index is 2.71. The highest BCUT2D eigenvalue weighted by Crippen LogP contribution is 2.07. The molecule has 0 nitrogen and oxygen atoms in total. The normalized spacial score (nSPS) is 13.3. The van der Waals surface area contributed by atoms with Crippen LogP contribution in [-0.4, -0.2) is 6.16 Å². The Balaban J connectivity index is 4.04. The molecule has 0 bridgehead atoms. The van der Waals surface area contributed by atoms with Crippen molar-refractivity contribution in [2.75, 3.05) is 6.16 Å². The minimum absolute atomic E-state index is 1.03. The summed E-state index contributed by atoms with van der Waals surface area (Å²) in [5, 5.41) is 0. The van der Waals surface area contributed by atoms with E-state index < -0.39 is 0 Å². The number of rotatable bonds is 6. The van der Waals surface area contributed by atoms with Crippen LogP contribution < -0.4 is 0 Å². The summed E-state index contributed by atoms with van der Waals surface area (Å²) >= 11 is 0. The molecule has 0 saturated heterocycles. The molecule has 0 aliphatic rings. The standard InChI is InChI=1S/C15H25P/c1-13(2)7-5-8-14(3)9-6-10-15(4)11-12-16/h6-7,9-11H,5,8,12,16H2,1-4H3/b10-6+,14-9-,15-11+. The lowest BCUT2D eigenvalue weighted by Crippen LogP contribution is -1.76. The molecule has 0 aliphatic heterocycles. The van der Waals surface area contributed by atoms with E-state index in [0.29, 0.717) is 0 Å². The minimum atomic E-state index is 1.03. The van der Waals surface area contributed by atoms with Crippen molar-refractivity contribution in [3.05, 3.63) is 47.1 Å². The summed E-state index contributed by atoms with van der Waals surface area (Å²) < 4.78 is 0. The zero-order chi connectivity index (χ0) is 12.4. The number of hydrogen-bond acceptors (Lipinski definition) is 0. The lowest BCUT2D eigenvalue weighted by Gasteiger charge is -1.96. The first-order valence-corrected chi connectivity index (χ1v) is 6.72. The van der Waals surface area contributed by atoms with Crippen LogP contribution in [0.4, 0.5) is 0 Å². The summed E-state index contributed by atoms with van der Waals surface area (Å²) in [5.41, 5.74) is 4.17. The van der Waals surface area contributed by atoms with E-state index in [9.17, 15) is 0 Å². The van der Waals surface area contributed by atoms with Gasteiger partial charge in [-0.15, -0.1) is 9.24 Å². The van der Waals surface area contributed by atoms with Crippen LogP contribution in [0.25, 0.3) is 0 Å². The molecule has 0 amide bonds. The first-order valence-electron chi connectivity index (χ1n) is 5.90. The minimum Gasteiger partial charge on any atom is -0.134 e. The molecule has 0 spiro atoms. The third-order valence-electron chi connectivity index (χ3n) is 2.27. The van der Waals surface area contributed by atoms with Gasteiger partial charge in [-0.05, 0) is 46.7 Å². The summed E-state index contributed by atoms with van der Waals surface area (Å²) in [4.78, 5) is 0. The summed E-state index contributed by atoms with van der Waals surface area (Å²) in [6.45, 7) is 8.62. The largest absolute Gasteiger partial charge is 0.134 e. The van der Waals surface area contributed by atoms with E-state index in [0.717, 1.165) is 19.0 Å². The van der Waals surface area contributed by atoms with Gasteiger partial charge in [0, 0.05) is 0 Å². The third-order valence-corrected chi connectivity index (χ3v) is 2.51. The van der Waals surface area contributed by atoms with Crippen molar-refractivity contribution in [2.45, 2.75) is 40.5 Å². The monoisotopic (exact) mass is 236 g/mol. The van der Waals surface area contributed by atoms with Crippen molar-refractivity contribution in [3.63, 3.8) is 0 Å². The van der Waals surface area contributed by atoms with E-state index in [1.54, 1.807) is 0 Å². The van der Waals surface area contributed by atoms with Gasteiger partial charge in [-0.3, -0.25) is 0 Å². The van der Waals surface area contributed by atoms with Crippen LogP contribution in [0.2, 0.25) is 0 Å². The van der Waals surface area contributed by atoms with Gasteiger partial charge >= 0.3 is 0 Å². The molecule has 0 fully saturated rings. The third kappa shape index (κ3) is 9.93. The van der Waals surface area contributed by atoms with Crippen LogP contribution in [0.1, 0.15) is 40.5 Å². The van der Waals surface area contributed by atoms with Gasteiger partial charge in [0.1, 0.15) is 0 Å². The molecular formula is C15H25P. The molecule has 0 aromatic heterocycles. The van der Waals surface area contributed by atoms with E-state index in [-0.39, 0.29) is 0 Å². The van der Waals surface area contributed by atoms with Crippen LogP contribution in [-0.2, 0) is 0 Å². The second-order valence-corrected chi connectivity index (χ2v) is 4.85. The average molecular weight is 236 g/mol. The summed E-state index contributed by atoms with van der Waals surface area (Å²) in [6, 6.07) is 0. The Morgan fingerprint density at radius 3 is 2.31 bits per heavy atom. The molecule has 0 aliphatic carbocycles. The van der Waals surface area contributed by atoms with Gasteiger partial charge in [-0.25, -0.2) is 0 Å². The molecule has 1 atom stereocenters. The first kappa shape index (κ1) is 15.4. The van der Waals surface area contributed by atoms with E-state index in [1.165, 1.54) is 16.7 Å². The molecule has 1 unspecified atom stereocenters.